The predicted octanol–water partition coefficient (Wildman–Crippen LogP) is 20.8. The molecular weight excluding hydrogens is 899 g/mol. The third-order valence-corrected chi connectivity index (χ3v) is 15.2. The van der Waals surface area contributed by atoms with Gasteiger partial charge in [-0.1, -0.05) is 294 Å². The first-order valence-electron chi connectivity index (χ1n) is 32.7. The van der Waals surface area contributed by atoms with Crippen LogP contribution in [0.25, 0.3) is 0 Å². The van der Waals surface area contributed by atoms with Gasteiger partial charge in [-0.25, -0.2) is 0 Å². The van der Waals surface area contributed by atoms with Crippen molar-refractivity contribution in [2.24, 2.45) is 0 Å². The van der Waals surface area contributed by atoms with E-state index in [4.69, 9.17) is 4.74 Å². The van der Waals surface area contributed by atoms with Crippen LogP contribution < -0.4 is 5.32 Å². The molecule has 0 spiro atoms. The summed E-state index contributed by atoms with van der Waals surface area (Å²) in [7, 11) is 0. The van der Waals surface area contributed by atoms with Gasteiger partial charge in [-0.2, -0.15) is 0 Å². The Morgan fingerprint density at radius 3 is 1.05 bits per heavy atom. The van der Waals surface area contributed by atoms with E-state index in [1.807, 2.05) is 0 Å². The average Bonchev–Trinajstić information content (AvgIpc) is 3.39. The SMILES string of the molecule is CCCCCCCCC/C=C\CCCCCCCCCC(=O)OCCCCCCCCCCC/C=C\C/C=C\CCCCCCCCCCCC(=O)NC(CO)C(O)CCCCCCCCCCCCCCC. The van der Waals surface area contributed by atoms with Gasteiger partial charge in [0.15, 0.2) is 0 Å². The molecule has 6 nitrogen and oxygen atoms in total. The Morgan fingerprint density at radius 2 is 0.685 bits per heavy atom. The van der Waals surface area contributed by atoms with Crippen LogP contribution in [0.4, 0.5) is 0 Å². The fourth-order valence-electron chi connectivity index (χ4n) is 10.1. The normalized spacial score (nSPS) is 12.8. The number of carbonyl (C=O) groups is 2. The molecule has 0 radical (unpaired) electrons. The zero-order chi connectivity index (χ0) is 52.9. The largest absolute Gasteiger partial charge is 0.466 e. The maximum Gasteiger partial charge on any atom is 0.305 e. The molecule has 6 heteroatoms. The summed E-state index contributed by atoms with van der Waals surface area (Å²) in [5, 5.41) is 23.3. The van der Waals surface area contributed by atoms with Gasteiger partial charge in [0.1, 0.15) is 0 Å². The van der Waals surface area contributed by atoms with E-state index in [1.54, 1.807) is 0 Å². The third-order valence-electron chi connectivity index (χ3n) is 15.2. The second-order valence-corrected chi connectivity index (χ2v) is 22.4. The van der Waals surface area contributed by atoms with E-state index in [0.29, 0.717) is 25.9 Å². The minimum absolute atomic E-state index is 0.00632. The second kappa shape index (κ2) is 62.6. The van der Waals surface area contributed by atoms with Crippen molar-refractivity contribution < 1.29 is 24.5 Å². The number of aliphatic hydroxyl groups excluding tert-OH is 2. The number of hydrogen-bond donors (Lipinski definition) is 3. The molecule has 0 aromatic carbocycles. The monoisotopic (exact) mass is 1030 g/mol. The Labute approximate surface area is 455 Å². The number of nitrogens with one attached hydrogen (secondary N) is 1. The summed E-state index contributed by atoms with van der Waals surface area (Å²) in [4.78, 5) is 24.6. The molecule has 0 saturated heterocycles. The Hall–Kier alpha value is -1.92. The van der Waals surface area contributed by atoms with Crippen LogP contribution in [-0.2, 0) is 14.3 Å². The molecule has 0 bridgehead atoms. The first-order chi connectivity index (χ1) is 36.0. The van der Waals surface area contributed by atoms with Gasteiger partial charge in [0, 0.05) is 12.8 Å². The summed E-state index contributed by atoms with van der Waals surface area (Å²) in [5.74, 6) is -0.0340. The lowest BCUT2D eigenvalue weighted by atomic mass is 10.0. The van der Waals surface area contributed by atoms with Crippen molar-refractivity contribution in [3.05, 3.63) is 36.5 Å². The highest BCUT2D eigenvalue weighted by molar-refractivity contribution is 5.76. The van der Waals surface area contributed by atoms with Gasteiger partial charge < -0.3 is 20.3 Å². The maximum atomic E-state index is 12.5. The number of ether oxygens (including phenoxy) is 1. The van der Waals surface area contributed by atoms with Crippen LogP contribution in [0.15, 0.2) is 36.5 Å². The number of esters is 1. The van der Waals surface area contributed by atoms with Crippen molar-refractivity contribution >= 4 is 11.9 Å². The lowest BCUT2D eigenvalue weighted by Gasteiger charge is -2.22. The fourth-order valence-corrected chi connectivity index (χ4v) is 10.1. The molecule has 2 unspecified atom stereocenters. The molecule has 0 saturated carbocycles. The van der Waals surface area contributed by atoms with E-state index in [-0.39, 0.29) is 18.5 Å². The summed E-state index contributed by atoms with van der Waals surface area (Å²) < 4.78 is 5.49. The van der Waals surface area contributed by atoms with Crippen molar-refractivity contribution in [3.8, 4) is 0 Å². The van der Waals surface area contributed by atoms with Gasteiger partial charge in [-0.05, 0) is 83.5 Å². The average molecular weight is 1030 g/mol. The minimum atomic E-state index is -0.668. The predicted molar refractivity (Wildman–Crippen MR) is 319 cm³/mol. The standard InChI is InChI=1S/C67H127NO5/c1-3-5-7-9-11-13-15-17-18-19-30-33-37-41-45-49-53-57-61-67(72)73-62-58-54-50-46-42-38-34-31-28-26-24-22-20-21-23-25-27-29-32-36-40-44-48-52-56-60-66(71)68-64(63-69)65(70)59-55-51-47-43-39-35-16-14-12-10-8-6-4-2/h18-19,21-24,64-65,69-70H,3-17,20,25-63H2,1-2H3,(H,68,71)/b19-18-,23-21-,24-22-. The quantitative estimate of drug-likeness (QED) is 0.0320. The zero-order valence-electron chi connectivity index (χ0n) is 49.1. The number of allylic oxidation sites excluding steroid dienone is 6. The lowest BCUT2D eigenvalue weighted by molar-refractivity contribution is -0.143. The molecule has 0 rings (SSSR count). The first-order valence-corrected chi connectivity index (χ1v) is 32.7. The molecule has 0 aliphatic carbocycles. The van der Waals surface area contributed by atoms with Crippen LogP contribution in [0.2, 0.25) is 0 Å². The highest BCUT2D eigenvalue weighted by Crippen LogP contribution is 2.17. The topological polar surface area (TPSA) is 95.9 Å². The number of amides is 1. The molecule has 0 aromatic heterocycles. The molecule has 0 heterocycles. The fraction of sp³-hybridized carbons (Fsp3) is 0.881. The van der Waals surface area contributed by atoms with Gasteiger partial charge in [0.05, 0.1) is 25.4 Å². The van der Waals surface area contributed by atoms with Crippen LogP contribution >= 0.6 is 0 Å². The van der Waals surface area contributed by atoms with Crippen molar-refractivity contribution in [2.75, 3.05) is 13.2 Å². The summed E-state index contributed by atoms with van der Waals surface area (Å²) >= 11 is 0. The molecule has 2 atom stereocenters. The smallest absolute Gasteiger partial charge is 0.305 e. The van der Waals surface area contributed by atoms with E-state index in [1.165, 1.54) is 270 Å². The van der Waals surface area contributed by atoms with Crippen LogP contribution in [0, 0.1) is 0 Å². The van der Waals surface area contributed by atoms with E-state index in [2.05, 4.69) is 55.6 Å². The Bertz CT molecular complexity index is 1180. The van der Waals surface area contributed by atoms with Crippen molar-refractivity contribution in [1.82, 2.24) is 5.32 Å². The van der Waals surface area contributed by atoms with Crippen molar-refractivity contribution in [2.45, 2.75) is 366 Å². The van der Waals surface area contributed by atoms with Gasteiger partial charge >= 0.3 is 5.97 Å². The number of aliphatic hydroxyl groups is 2. The summed E-state index contributed by atoms with van der Waals surface area (Å²) in [6, 6.07) is -0.546. The van der Waals surface area contributed by atoms with Crippen LogP contribution in [0.5, 0.6) is 0 Å². The lowest BCUT2D eigenvalue weighted by Crippen LogP contribution is -2.45. The minimum Gasteiger partial charge on any atom is -0.466 e. The summed E-state index contributed by atoms with van der Waals surface area (Å²) in [5.41, 5.74) is 0. The highest BCUT2D eigenvalue weighted by atomic mass is 16.5. The molecule has 0 aromatic rings. The van der Waals surface area contributed by atoms with E-state index in [0.717, 1.165) is 51.4 Å². The molecule has 0 aliphatic heterocycles. The summed E-state index contributed by atoms with van der Waals surface area (Å²) in [6.45, 7) is 4.96. The second-order valence-electron chi connectivity index (χ2n) is 22.4. The Kier molecular flexibility index (Phi) is 61.0. The Morgan fingerprint density at radius 1 is 0.384 bits per heavy atom. The number of rotatable bonds is 61. The summed E-state index contributed by atoms with van der Waals surface area (Å²) in [6.07, 6.45) is 78.8. The van der Waals surface area contributed by atoms with Gasteiger partial charge in [-0.15, -0.1) is 0 Å². The van der Waals surface area contributed by atoms with Gasteiger partial charge in [0.2, 0.25) is 5.91 Å². The van der Waals surface area contributed by atoms with Crippen molar-refractivity contribution in [1.29, 1.82) is 0 Å². The van der Waals surface area contributed by atoms with Gasteiger partial charge in [-0.3, -0.25) is 9.59 Å². The van der Waals surface area contributed by atoms with Crippen LogP contribution in [-0.4, -0.2) is 47.4 Å². The van der Waals surface area contributed by atoms with E-state index >= 15 is 0 Å². The molecule has 0 aliphatic rings. The number of hydrogen-bond acceptors (Lipinski definition) is 5. The third kappa shape index (κ3) is 59.2. The molecule has 430 valence electrons. The molecule has 1 amide bonds. The molecular formula is C67H127NO5. The molecule has 3 N–H and O–H groups in total. The zero-order valence-corrected chi connectivity index (χ0v) is 49.1. The first kappa shape index (κ1) is 71.1. The van der Waals surface area contributed by atoms with Crippen molar-refractivity contribution in [3.63, 3.8) is 0 Å². The Balaban J connectivity index is 3.41. The highest BCUT2D eigenvalue weighted by Gasteiger charge is 2.20. The molecule has 0 fully saturated rings. The maximum absolute atomic E-state index is 12.5. The van der Waals surface area contributed by atoms with Gasteiger partial charge in [0.25, 0.3) is 0 Å². The number of unbranched alkanes of at least 4 members (excludes halogenated alkanes) is 44. The van der Waals surface area contributed by atoms with E-state index in [9.17, 15) is 19.8 Å². The number of carbonyl (C=O) groups excluding carboxylic acids is 2. The van der Waals surface area contributed by atoms with E-state index < -0.39 is 12.1 Å². The van der Waals surface area contributed by atoms with Crippen LogP contribution in [0.1, 0.15) is 354 Å². The molecule has 73 heavy (non-hydrogen) atoms. The van der Waals surface area contributed by atoms with Crippen LogP contribution in [0.3, 0.4) is 0 Å².